The molecular formula is C9H19Cl3O5Zn. The zero-order chi connectivity index (χ0) is 15.2. The molecule has 0 aromatic carbocycles. The maximum absolute atomic E-state index is 9.62. The van der Waals surface area contributed by atoms with Gasteiger partial charge in [0.2, 0.25) is 0 Å². The van der Waals surface area contributed by atoms with Crippen molar-refractivity contribution < 1.29 is 42.3 Å². The van der Waals surface area contributed by atoms with Crippen molar-refractivity contribution in [3.05, 3.63) is 0 Å². The molecule has 0 fully saturated rings. The first-order chi connectivity index (χ1) is 8.17. The van der Waals surface area contributed by atoms with Crippen LogP contribution >= 0.6 is 34.8 Å². The molecule has 0 aliphatic rings. The van der Waals surface area contributed by atoms with Gasteiger partial charge in [-0.05, 0) is 0 Å². The molecule has 0 aromatic rings. The number of hydrogen-bond donors (Lipinski definition) is 4. The van der Waals surface area contributed by atoms with Crippen molar-refractivity contribution in [1.82, 2.24) is 0 Å². The molecule has 0 radical (unpaired) electrons. The Morgan fingerprint density at radius 1 is 1.17 bits per heavy atom. The van der Waals surface area contributed by atoms with E-state index in [1.165, 1.54) is 10.0 Å². The Hall–Kier alpha value is 0.843. The van der Waals surface area contributed by atoms with E-state index in [9.17, 15) is 4.79 Å². The second-order valence-corrected chi connectivity index (χ2v) is 11.1. The quantitative estimate of drug-likeness (QED) is 0.441. The normalized spacial score (nSPS) is 9.61. The Kier molecular flexibility index (Phi) is 21.1. The van der Waals surface area contributed by atoms with E-state index in [1.54, 1.807) is 0 Å². The van der Waals surface area contributed by atoms with Crippen molar-refractivity contribution in [3.63, 3.8) is 0 Å². The van der Waals surface area contributed by atoms with Crippen LogP contribution in [0.2, 0.25) is 10.0 Å². The summed E-state index contributed by atoms with van der Waals surface area (Å²) in [6.07, 6.45) is -0.954. The van der Waals surface area contributed by atoms with E-state index in [0.29, 0.717) is 0 Å². The Labute approximate surface area is 130 Å². The standard InChI is InChI=1S/C3H8O3.C2HCl3O2.2C2H5.Zn/c4-1-3(6)2-5;3-2(4,5)1(6)7;2*1-2;/h3-6H,1-2H2;(H,6,7);2*1H2,2H3;. The number of carbonyl (C=O) groups is 1. The molecule has 0 bridgehead atoms. The van der Waals surface area contributed by atoms with Gasteiger partial charge in [0.25, 0.3) is 3.79 Å². The van der Waals surface area contributed by atoms with E-state index in [0.717, 1.165) is 0 Å². The summed E-state index contributed by atoms with van der Waals surface area (Å²) in [7, 11) is 0. The topological polar surface area (TPSA) is 98.0 Å². The summed E-state index contributed by atoms with van der Waals surface area (Å²) in [5, 5.41) is 34.9. The zero-order valence-electron chi connectivity index (χ0n) is 10.4. The predicted molar refractivity (Wildman–Crippen MR) is 69.1 cm³/mol. The molecule has 0 heterocycles. The Balaban J connectivity index is -0.000000190. The molecule has 9 heteroatoms. The van der Waals surface area contributed by atoms with Gasteiger partial charge in [0.1, 0.15) is 6.10 Å². The van der Waals surface area contributed by atoms with Crippen LogP contribution < -0.4 is 0 Å². The number of carboxylic acid groups (broad SMARTS) is 1. The van der Waals surface area contributed by atoms with Crippen molar-refractivity contribution in [2.45, 2.75) is 33.8 Å². The van der Waals surface area contributed by atoms with Crippen molar-refractivity contribution in [3.8, 4) is 0 Å². The average molecular weight is 379 g/mol. The molecule has 0 aliphatic carbocycles. The number of carboxylic acids is 1. The summed E-state index contributed by atoms with van der Waals surface area (Å²) in [6.45, 7) is 3.86. The maximum Gasteiger partial charge on any atom is 0.356 e. The summed E-state index contributed by atoms with van der Waals surface area (Å²) >= 11 is 14.5. The second-order valence-electron chi connectivity index (χ2n) is 3.18. The van der Waals surface area contributed by atoms with Crippen LogP contribution in [0, 0.1) is 0 Å². The summed E-state index contributed by atoms with van der Waals surface area (Å²) in [5.41, 5.74) is 0. The minimum absolute atomic E-state index is 0.0972. The number of aliphatic hydroxyl groups excluding tert-OH is 3. The van der Waals surface area contributed by atoms with E-state index in [2.05, 4.69) is 13.8 Å². The summed E-state index contributed by atoms with van der Waals surface area (Å²) in [4.78, 5) is 9.62. The second kappa shape index (κ2) is 15.9. The van der Waals surface area contributed by atoms with E-state index < -0.39 is 15.9 Å². The number of alkyl halides is 3. The van der Waals surface area contributed by atoms with Gasteiger partial charge in [-0.1, -0.05) is 34.8 Å². The number of aliphatic hydroxyl groups is 3. The van der Waals surface area contributed by atoms with Gasteiger partial charge in [0.15, 0.2) is 0 Å². The molecule has 0 aliphatic heterocycles. The maximum atomic E-state index is 9.62. The third-order valence-electron chi connectivity index (χ3n) is 1.37. The zero-order valence-corrected chi connectivity index (χ0v) is 15.7. The van der Waals surface area contributed by atoms with Gasteiger partial charge in [-0.3, -0.25) is 0 Å². The molecule has 0 saturated carbocycles. The van der Waals surface area contributed by atoms with Crippen molar-refractivity contribution in [2.75, 3.05) is 13.2 Å². The molecule has 0 unspecified atom stereocenters. The number of hydrogen-bond acceptors (Lipinski definition) is 4. The largest absolute Gasteiger partial charge is 0.478 e. The number of aliphatic carboxylic acids is 1. The number of halogens is 3. The molecule has 0 aromatic heterocycles. The summed E-state index contributed by atoms with van der Waals surface area (Å²) < 4.78 is -2.17. The van der Waals surface area contributed by atoms with Crippen LogP contribution in [-0.2, 0) is 21.9 Å². The van der Waals surface area contributed by atoms with Gasteiger partial charge >= 0.3 is 47.0 Å². The third-order valence-corrected chi connectivity index (χ3v) is 4.82. The van der Waals surface area contributed by atoms with Crippen LogP contribution in [0.4, 0.5) is 0 Å². The molecule has 0 rings (SSSR count). The van der Waals surface area contributed by atoms with Crippen molar-refractivity contribution in [1.29, 1.82) is 0 Å². The van der Waals surface area contributed by atoms with Crippen LogP contribution in [0.3, 0.4) is 0 Å². The van der Waals surface area contributed by atoms with Crippen LogP contribution in [0.15, 0.2) is 0 Å². The number of rotatable bonds is 4. The van der Waals surface area contributed by atoms with Crippen LogP contribution in [0.1, 0.15) is 13.8 Å². The molecule has 5 nitrogen and oxygen atoms in total. The molecule has 108 valence electrons. The molecule has 0 amide bonds. The predicted octanol–water partition coefficient (Wildman–Crippen LogP) is 1.72. The molecule has 0 spiro atoms. The summed E-state index contributed by atoms with van der Waals surface area (Å²) in [5.74, 6) is -1.46. The van der Waals surface area contributed by atoms with E-state index in [4.69, 9.17) is 55.2 Å². The molecule has 0 saturated heterocycles. The molecule has 0 atom stereocenters. The monoisotopic (exact) mass is 376 g/mol. The van der Waals surface area contributed by atoms with Gasteiger partial charge in [0.05, 0.1) is 13.2 Å². The average Bonchev–Trinajstić information content (AvgIpc) is 2.29. The fourth-order valence-electron chi connectivity index (χ4n) is 0.411. The summed E-state index contributed by atoms with van der Waals surface area (Å²) in [6, 6.07) is 0. The first kappa shape index (κ1) is 23.9. The minimum atomic E-state index is -2.17. The van der Waals surface area contributed by atoms with Crippen LogP contribution in [-0.4, -0.2) is 49.5 Å². The SMILES string of the molecule is C[CH2][Zn][CH2]C.O=C(O)C(Cl)(Cl)Cl.OCC(O)CO. The van der Waals surface area contributed by atoms with E-state index in [1.807, 2.05) is 0 Å². The van der Waals surface area contributed by atoms with E-state index in [-0.39, 0.29) is 30.3 Å². The van der Waals surface area contributed by atoms with Gasteiger partial charge in [-0.15, -0.1) is 0 Å². The third kappa shape index (κ3) is 25.6. The Morgan fingerprint density at radius 3 is 1.44 bits per heavy atom. The smallest absolute Gasteiger partial charge is 0.356 e. The minimum Gasteiger partial charge on any atom is -0.478 e. The van der Waals surface area contributed by atoms with Crippen LogP contribution in [0.5, 0.6) is 0 Å². The Morgan fingerprint density at radius 2 is 1.44 bits per heavy atom. The van der Waals surface area contributed by atoms with Crippen molar-refractivity contribution >= 4 is 40.8 Å². The van der Waals surface area contributed by atoms with Gasteiger partial charge in [-0.25, -0.2) is 4.79 Å². The van der Waals surface area contributed by atoms with Gasteiger partial charge < -0.3 is 20.4 Å². The van der Waals surface area contributed by atoms with Crippen LogP contribution in [0.25, 0.3) is 0 Å². The van der Waals surface area contributed by atoms with E-state index >= 15 is 0 Å². The Bertz CT molecular complexity index is 184. The first-order valence-electron chi connectivity index (χ1n) is 5.37. The molecular weight excluding hydrogens is 360 g/mol. The van der Waals surface area contributed by atoms with Gasteiger partial charge in [-0.2, -0.15) is 0 Å². The fraction of sp³-hybridized carbons (Fsp3) is 0.889. The fourth-order valence-corrected chi connectivity index (χ4v) is 1.89. The molecule has 18 heavy (non-hydrogen) atoms. The van der Waals surface area contributed by atoms with Gasteiger partial charge in [0, 0.05) is 0 Å². The van der Waals surface area contributed by atoms with Crippen molar-refractivity contribution in [2.24, 2.45) is 0 Å². The molecule has 4 N–H and O–H groups in total. The first-order valence-corrected chi connectivity index (χ1v) is 10.7.